The summed E-state index contributed by atoms with van der Waals surface area (Å²) in [5, 5.41) is 7.75. The molecular formula is C14H12F2N4. The van der Waals surface area contributed by atoms with E-state index >= 15 is 0 Å². The van der Waals surface area contributed by atoms with Crippen LogP contribution in [0.2, 0.25) is 0 Å². The van der Waals surface area contributed by atoms with Gasteiger partial charge in [0, 0.05) is 12.6 Å². The lowest BCUT2D eigenvalue weighted by molar-refractivity contribution is 0.589. The van der Waals surface area contributed by atoms with Crippen LogP contribution < -0.4 is 5.32 Å². The molecule has 0 aliphatic heterocycles. The first-order chi connectivity index (χ1) is 9.69. The van der Waals surface area contributed by atoms with E-state index < -0.39 is 5.82 Å². The van der Waals surface area contributed by atoms with Crippen LogP contribution in [0.3, 0.4) is 0 Å². The summed E-state index contributed by atoms with van der Waals surface area (Å²) in [4.78, 5) is 4.04. The van der Waals surface area contributed by atoms with E-state index in [1.807, 2.05) is 0 Å². The Labute approximate surface area is 114 Å². The SMILES string of the molecule is CNc1nn(Cc2ccccc2F)c2ncc(F)cc12. The molecule has 20 heavy (non-hydrogen) atoms. The topological polar surface area (TPSA) is 42.7 Å². The van der Waals surface area contributed by atoms with Crippen molar-refractivity contribution in [1.82, 2.24) is 14.8 Å². The molecule has 0 saturated carbocycles. The zero-order chi connectivity index (χ0) is 14.1. The van der Waals surface area contributed by atoms with Crippen LogP contribution in [0, 0.1) is 11.6 Å². The molecule has 0 radical (unpaired) electrons. The molecular weight excluding hydrogens is 262 g/mol. The first-order valence-corrected chi connectivity index (χ1v) is 6.12. The van der Waals surface area contributed by atoms with E-state index in [1.54, 1.807) is 29.9 Å². The van der Waals surface area contributed by atoms with Crippen molar-refractivity contribution in [2.24, 2.45) is 0 Å². The Kier molecular flexibility index (Phi) is 3.06. The van der Waals surface area contributed by atoms with Gasteiger partial charge in [-0.1, -0.05) is 18.2 Å². The molecule has 6 heteroatoms. The van der Waals surface area contributed by atoms with Crippen LogP contribution in [-0.4, -0.2) is 21.8 Å². The molecule has 4 nitrogen and oxygen atoms in total. The maximum Gasteiger partial charge on any atom is 0.160 e. The van der Waals surface area contributed by atoms with Crippen molar-refractivity contribution in [2.75, 3.05) is 12.4 Å². The van der Waals surface area contributed by atoms with Crippen LogP contribution in [0.1, 0.15) is 5.56 Å². The zero-order valence-electron chi connectivity index (χ0n) is 10.8. The van der Waals surface area contributed by atoms with Gasteiger partial charge in [0.25, 0.3) is 0 Å². The van der Waals surface area contributed by atoms with Gasteiger partial charge in [-0.15, -0.1) is 0 Å². The van der Waals surface area contributed by atoms with Gasteiger partial charge in [-0.25, -0.2) is 18.4 Å². The highest BCUT2D eigenvalue weighted by atomic mass is 19.1. The number of nitrogens with one attached hydrogen (secondary N) is 1. The Balaban J connectivity index is 2.10. The summed E-state index contributed by atoms with van der Waals surface area (Å²) in [5.41, 5.74) is 1.02. The molecule has 0 bridgehead atoms. The fraction of sp³-hybridized carbons (Fsp3) is 0.143. The lowest BCUT2D eigenvalue weighted by atomic mass is 10.2. The third-order valence-corrected chi connectivity index (χ3v) is 3.07. The number of pyridine rings is 1. The standard InChI is InChI=1S/C14H12F2N4/c1-17-13-11-6-10(15)7-18-14(11)20(19-13)8-9-4-2-3-5-12(9)16/h2-7H,8H2,1H3,(H,17,19). The van der Waals surface area contributed by atoms with Gasteiger partial charge in [0.15, 0.2) is 11.5 Å². The number of aromatic nitrogens is 3. The summed E-state index contributed by atoms with van der Waals surface area (Å²) >= 11 is 0. The normalized spacial score (nSPS) is 10.9. The molecule has 0 atom stereocenters. The number of benzene rings is 1. The van der Waals surface area contributed by atoms with Crippen LogP contribution in [-0.2, 0) is 6.54 Å². The smallest absolute Gasteiger partial charge is 0.160 e. The first kappa shape index (κ1) is 12.5. The fourth-order valence-corrected chi connectivity index (χ4v) is 2.12. The van der Waals surface area contributed by atoms with Crippen molar-refractivity contribution in [3.8, 4) is 0 Å². The lowest BCUT2D eigenvalue weighted by Gasteiger charge is -2.04. The Hall–Kier alpha value is -2.50. The minimum absolute atomic E-state index is 0.240. The molecule has 102 valence electrons. The van der Waals surface area contributed by atoms with E-state index in [-0.39, 0.29) is 12.4 Å². The number of rotatable bonds is 3. The van der Waals surface area contributed by atoms with Crippen LogP contribution >= 0.6 is 0 Å². The zero-order valence-corrected chi connectivity index (χ0v) is 10.8. The van der Waals surface area contributed by atoms with Crippen molar-refractivity contribution in [3.63, 3.8) is 0 Å². The number of nitrogens with zero attached hydrogens (tertiary/aromatic N) is 3. The Bertz CT molecular complexity index is 767. The van der Waals surface area contributed by atoms with E-state index in [4.69, 9.17) is 0 Å². The predicted molar refractivity (Wildman–Crippen MR) is 72.5 cm³/mol. The van der Waals surface area contributed by atoms with Gasteiger partial charge in [0.2, 0.25) is 0 Å². The molecule has 0 spiro atoms. The van der Waals surface area contributed by atoms with Gasteiger partial charge in [0.05, 0.1) is 18.1 Å². The number of hydrogen-bond acceptors (Lipinski definition) is 3. The summed E-state index contributed by atoms with van der Waals surface area (Å²) < 4.78 is 28.5. The average molecular weight is 274 g/mol. The van der Waals surface area contributed by atoms with E-state index in [1.165, 1.54) is 12.1 Å². The van der Waals surface area contributed by atoms with E-state index in [0.29, 0.717) is 22.4 Å². The van der Waals surface area contributed by atoms with Crippen molar-refractivity contribution in [1.29, 1.82) is 0 Å². The summed E-state index contributed by atoms with van der Waals surface area (Å²) in [5.74, 6) is -0.216. The summed E-state index contributed by atoms with van der Waals surface area (Å²) in [7, 11) is 1.69. The molecule has 1 aromatic carbocycles. The number of fused-ring (bicyclic) bond motifs is 1. The maximum absolute atomic E-state index is 13.7. The third kappa shape index (κ3) is 2.09. The Morgan fingerprint density at radius 3 is 2.80 bits per heavy atom. The molecule has 3 aromatic rings. The van der Waals surface area contributed by atoms with Gasteiger partial charge in [-0.3, -0.25) is 0 Å². The molecule has 0 aliphatic carbocycles. The van der Waals surface area contributed by atoms with Crippen molar-refractivity contribution in [3.05, 3.63) is 53.7 Å². The number of anilines is 1. The predicted octanol–water partition coefficient (Wildman–Crippen LogP) is 2.80. The third-order valence-electron chi connectivity index (χ3n) is 3.07. The summed E-state index contributed by atoms with van der Waals surface area (Å²) in [6, 6.07) is 7.83. The monoisotopic (exact) mass is 274 g/mol. The highest BCUT2D eigenvalue weighted by Crippen LogP contribution is 2.22. The van der Waals surface area contributed by atoms with Gasteiger partial charge in [-0.05, 0) is 12.1 Å². The van der Waals surface area contributed by atoms with E-state index in [2.05, 4.69) is 15.4 Å². The Morgan fingerprint density at radius 2 is 2.05 bits per heavy atom. The summed E-state index contributed by atoms with van der Waals surface area (Å²) in [6.45, 7) is 0.240. The second-order valence-corrected chi connectivity index (χ2v) is 4.37. The molecule has 0 saturated heterocycles. The van der Waals surface area contributed by atoms with Crippen molar-refractivity contribution in [2.45, 2.75) is 6.54 Å². The molecule has 0 aliphatic rings. The van der Waals surface area contributed by atoms with Crippen LogP contribution in [0.4, 0.5) is 14.6 Å². The minimum Gasteiger partial charge on any atom is -0.371 e. The molecule has 0 fully saturated rings. The molecule has 0 unspecified atom stereocenters. The molecule has 2 aromatic heterocycles. The quantitative estimate of drug-likeness (QED) is 0.798. The highest BCUT2D eigenvalue weighted by Gasteiger charge is 2.13. The minimum atomic E-state index is -0.431. The summed E-state index contributed by atoms with van der Waals surface area (Å²) in [6.07, 6.45) is 1.13. The lowest BCUT2D eigenvalue weighted by Crippen LogP contribution is -2.05. The van der Waals surface area contributed by atoms with E-state index in [0.717, 1.165) is 6.20 Å². The first-order valence-electron chi connectivity index (χ1n) is 6.12. The second-order valence-electron chi connectivity index (χ2n) is 4.37. The highest BCUT2D eigenvalue weighted by molar-refractivity contribution is 5.87. The van der Waals surface area contributed by atoms with Gasteiger partial charge in [0.1, 0.15) is 11.6 Å². The average Bonchev–Trinajstić information content (AvgIpc) is 2.78. The Morgan fingerprint density at radius 1 is 1.25 bits per heavy atom. The van der Waals surface area contributed by atoms with Crippen LogP contribution in [0.15, 0.2) is 36.5 Å². The number of halogens is 2. The van der Waals surface area contributed by atoms with Gasteiger partial charge in [-0.2, -0.15) is 5.10 Å². The van der Waals surface area contributed by atoms with Crippen molar-refractivity contribution >= 4 is 16.9 Å². The molecule has 1 N–H and O–H groups in total. The molecule has 2 heterocycles. The fourth-order valence-electron chi connectivity index (χ4n) is 2.12. The largest absolute Gasteiger partial charge is 0.371 e. The van der Waals surface area contributed by atoms with Crippen molar-refractivity contribution < 1.29 is 8.78 Å². The number of hydrogen-bond donors (Lipinski definition) is 1. The molecule has 3 rings (SSSR count). The molecule has 0 amide bonds. The van der Waals surface area contributed by atoms with Crippen LogP contribution in [0.25, 0.3) is 11.0 Å². The second kappa shape index (κ2) is 4.88. The van der Waals surface area contributed by atoms with Crippen LogP contribution in [0.5, 0.6) is 0 Å². The van der Waals surface area contributed by atoms with Gasteiger partial charge < -0.3 is 5.32 Å². The maximum atomic E-state index is 13.7. The van der Waals surface area contributed by atoms with Gasteiger partial charge >= 0.3 is 0 Å². The van der Waals surface area contributed by atoms with E-state index in [9.17, 15) is 8.78 Å².